The van der Waals surface area contributed by atoms with Crippen LogP contribution in [0.4, 0.5) is 22.0 Å². The summed E-state index contributed by atoms with van der Waals surface area (Å²) in [7, 11) is 3.66. The van der Waals surface area contributed by atoms with Crippen LogP contribution in [0.2, 0.25) is 0 Å². The Morgan fingerprint density at radius 1 is 0.962 bits per heavy atom. The van der Waals surface area contributed by atoms with Crippen molar-refractivity contribution in [3.63, 3.8) is 0 Å². The molecular weight excluding hydrogens is 330 g/mol. The Kier molecular flexibility index (Phi) is 5.28. The van der Waals surface area contributed by atoms with Crippen molar-refractivity contribution in [1.82, 2.24) is 9.97 Å². The molecule has 0 saturated carbocycles. The summed E-state index contributed by atoms with van der Waals surface area (Å²) in [5.41, 5.74) is 1.17. The van der Waals surface area contributed by atoms with Crippen molar-refractivity contribution >= 4 is 23.2 Å². The topological polar surface area (TPSA) is 79.4 Å². The van der Waals surface area contributed by atoms with Gasteiger partial charge in [-0.3, -0.25) is 0 Å². The first kappa shape index (κ1) is 17.2. The van der Waals surface area contributed by atoms with Gasteiger partial charge in [0, 0.05) is 19.8 Å². The SMILES string of the molecule is CN(C)c1nc(Oc2ccccc2)ncc1NC(=O)Nc1ccccc1. The Hall–Kier alpha value is -3.61. The maximum absolute atomic E-state index is 12.2. The highest BCUT2D eigenvalue weighted by Crippen LogP contribution is 2.25. The zero-order chi connectivity index (χ0) is 18.4. The molecular formula is C19H19N5O2. The van der Waals surface area contributed by atoms with Gasteiger partial charge in [-0.15, -0.1) is 0 Å². The first-order valence-electron chi connectivity index (χ1n) is 8.02. The number of carbonyl (C=O) groups excluding carboxylic acids is 1. The van der Waals surface area contributed by atoms with Gasteiger partial charge in [-0.2, -0.15) is 4.98 Å². The average molecular weight is 349 g/mol. The monoisotopic (exact) mass is 349 g/mol. The molecule has 0 saturated heterocycles. The molecule has 2 amide bonds. The summed E-state index contributed by atoms with van der Waals surface area (Å²) >= 11 is 0. The molecule has 2 N–H and O–H groups in total. The fraction of sp³-hybridized carbons (Fsp3) is 0.105. The summed E-state index contributed by atoms with van der Waals surface area (Å²) in [6.45, 7) is 0. The molecule has 3 aromatic rings. The first-order valence-corrected chi connectivity index (χ1v) is 8.02. The molecule has 0 bridgehead atoms. The molecule has 0 atom stereocenters. The van der Waals surface area contributed by atoms with Crippen molar-refractivity contribution in [2.75, 3.05) is 29.6 Å². The molecule has 7 nitrogen and oxygen atoms in total. The van der Waals surface area contributed by atoms with E-state index in [-0.39, 0.29) is 12.0 Å². The van der Waals surface area contributed by atoms with E-state index in [1.807, 2.05) is 62.6 Å². The molecule has 0 fully saturated rings. The number of nitrogens with one attached hydrogen (secondary N) is 2. The number of hydrogen-bond acceptors (Lipinski definition) is 5. The Labute approximate surface area is 151 Å². The lowest BCUT2D eigenvalue weighted by Gasteiger charge is -2.17. The lowest BCUT2D eigenvalue weighted by Crippen LogP contribution is -2.22. The van der Waals surface area contributed by atoms with E-state index in [1.165, 1.54) is 6.20 Å². The number of para-hydroxylation sites is 2. The summed E-state index contributed by atoms with van der Waals surface area (Å²) in [5, 5.41) is 5.51. The molecule has 1 aromatic heterocycles. The number of nitrogens with zero attached hydrogens (tertiary/aromatic N) is 3. The minimum absolute atomic E-state index is 0.203. The van der Waals surface area contributed by atoms with Crippen LogP contribution in [-0.4, -0.2) is 30.1 Å². The van der Waals surface area contributed by atoms with E-state index in [4.69, 9.17) is 4.74 Å². The summed E-state index contributed by atoms with van der Waals surface area (Å²) in [4.78, 5) is 22.5. The third-order valence-corrected chi connectivity index (χ3v) is 3.40. The van der Waals surface area contributed by atoms with E-state index in [9.17, 15) is 4.79 Å². The van der Waals surface area contributed by atoms with Crippen LogP contribution < -0.4 is 20.3 Å². The highest BCUT2D eigenvalue weighted by molar-refractivity contribution is 6.01. The zero-order valence-corrected chi connectivity index (χ0v) is 14.5. The van der Waals surface area contributed by atoms with Crippen molar-refractivity contribution in [3.05, 3.63) is 66.9 Å². The van der Waals surface area contributed by atoms with Crippen LogP contribution in [0.3, 0.4) is 0 Å². The number of rotatable bonds is 5. The third kappa shape index (κ3) is 4.47. The molecule has 26 heavy (non-hydrogen) atoms. The number of benzene rings is 2. The van der Waals surface area contributed by atoms with Crippen LogP contribution in [0.15, 0.2) is 66.9 Å². The van der Waals surface area contributed by atoms with Crippen molar-refractivity contribution in [1.29, 1.82) is 0 Å². The standard InChI is InChI=1S/C19H19N5O2/c1-24(2)17-16(22-18(25)21-14-9-5-3-6-10-14)13-20-19(23-17)26-15-11-7-4-8-12-15/h3-13H,1-2H3,(H2,21,22,25). The minimum atomic E-state index is -0.375. The molecule has 3 rings (SSSR count). The average Bonchev–Trinajstić information content (AvgIpc) is 2.64. The van der Waals surface area contributed by atoms with Crippen LogP contribution >= 0.6 is 0 Å². The summed E-state index contributed by atoms with van der Waals surface area (Å²) in [6, 6.07) is 18.3. The molecule has 0 aliphatic carbocycles. The molecule has 7 heteroatoms. The molecule has 0 radical (unpaired) electrons. The molecule has 132 valence electrons. The second-order valence-electron chi connectivity index (χ2n) is 5.64. The zero-order valence-electron chi connectivity index (χ0n) is 14.5. The van der Waals surface area contributed by atoms with E-state index < -0.39 is 0 Å². The number of ether oxygens (including phenoxy) is 1. The number of carbonyl (C=O) groups is 1. The maximum Gasteiger partial charge on any atom is 0.324 e. The van der Waals surface area contributed by atoms with Gasteiger partial charge in [0.1, 0.15) is 11.4 Å². The molecule has 0 spiro atoms. The number of anilines is 3. The van der Waals surface area contributed by atoms with Crippen LogP contribution in [0, 0.1) is 0 Å². The van der Waals surface area contributed by atoms with Crippen LogP contribution in [0.25, 0.3) is 0 Å². The van der Waals surface area contributed by atoms with Gasteiger partial charge in [0.2, 0.25) is 0 Å². The van der Waals surface area contributed by atoms with Gasteiger partial charge in [0.05, 0.1) is 6.20 Å². The van der Waals surface area contributed by atoms with Gasteiger partial charge in [-0.1, -0.05) is 36.4 Å². The van der Waals surface area contributed by atoms with Gasteiger partial charge >= 0.3 is 12.0 Å². The highest BCUT2D eigenvalue weighted by Gasteiger charge is 2.13. The number of hydrogen-bond donors (Lipinski definition) is 2. The second-order valence-corrected chi connectivity index (χ2v) is 5.64. The summed E-state index contributed by atoms with van der Waals surface area (Å²) in [5.74, 6) is 1.17. The van der Waals surface area contributed by atoms with E-state index in [0.717, 1.165) is 0 Å². The Bertz CT molecular complexity index is 870. The molecule has 0 aliphatic heterocycles. The second kappa shape index (κ2) is 7.98. The predicted molar refractivity (Wildman–Crippen MR) is 102 cm³/mol. The Balaban J connectivity index is 1.75. The summed E-state index contributed by atoms with van der Waals surface area (Å²) in [6.07, 6.45) is 1.52. The molecule has 0 aliphatic rings. The Morgan fingerprint density at radius 2 is 1.62 bits per heavy atom. The normalized spacial score (nSPS) is 10.1. The molecule has 2 aromatic carbocycles. The van der Waals surface area contributed by atoms with Crippen molar-refractivity contribution in [3.8, 4) is 11.8 Å². The lowest BCUT2D eigenvalue weighted by molar-refractivity contribution is 0.262. The van der Waals surface area contributed by atoms with Crippen LogP contribution in [0.5, 0.6) is 11.8 Å². The maximum atomic E-state index is 12.2. The van der Waals surface area contributed by atoms with Crippen LogP contribution in [-0.2, 0) is 0 Å². The van der Waals surface area contributed by atoms with Crippen molar-refractivity contribution in [2.24, 2.45) is 0 Å². The largest absolute Gasteiger partial charge is 0.424 e. The number of aromatic nitrogens is 2. The molecule has 1 heterocycles. The van der Waals surface area contributed by atoms with Crippen molar-refractivity contribution < 1.29 is 9.53 Å². The number of urea groups is 1. The first-order chi connectivity index (χ1) is 12.6. The fourth-order valence-electron chi connectivity index (χ4n) is 2.24. The van der Waals surface area contributed by atoms with E-state index in [0.29, 0.717) is 22.9 Å². The van der Waals surface area contributed by atoms with E-state index in [2.05, 4.69) is 20.6 Å². The minimum Gasteiger partial charge on any atom is -0.424 e. The smallest absolute Gasteiger partial charge is 0.324 e. The van der Waals surface area contributed by atoms with Gasteiger partial charge in [0.15, 0.2) is 5.82 Å². The highest BCUT2D eigenvalue weighted by atomic mass is 16.5. The Morgan fingerprint density at radius 3 is 2.27 bits per heavy atom. The van der Waals surface area contributed by atoms with Gasteiger partial charge in [0.25, 0.3) is 0 Å². The van der Waals surface area contributed by atoms with Gasteiger partial charge < -0.3 is 20.3 Å². The number of amides is 2. The lowest BCUT2D eigenvalue weighted by atomic mass is 10.3. The third-order valence-electron chi connectivity index (χ3n) is 3.40. The predicted octanol–water partition coefficient (Wildman–Crippen LogP) is 3.98. The van der Waals surface area contributed by atoms with Crippen molar-refractivity contribution in [2.45, 2.75) is 0 Å². The summed E-state index contributed by atoms with van der Waals surface area (Å²) < 4.78 is 5.65. The fourth-order valence-corrected chi connectivity index (χ4v) is 2.24. The van der Waals surface area contributed by atoms with Gasteiger partial charge in [-0.05, 0) is 24.3 Å². The molecule has 0 unspecified atom stereocenters. The van der Waals surface area contributed by atoms with E-state index >= 15 is 0 Å². The van der Waals surface area contributed by atoms with Gasteiger partial charge in [-0.25, -0.2) is 9.78 Å². The quantitative estimate of drug-likeness (QED) is 0.728. The van der Waals surface area contributed by atoms with Crippen LogP contribution in [0.1, 0.15) is 0 Å². The van der Waals surface area contributed by atoms with E-state index in [1.54, 1.807) is 17.0 Å².